The number of hydrazine groups is 1. The van der Waals surface area contributed by atoms with Crippen molar-refractivity contribution in [2.24, 2.45) is 16.6 Å². The van der Waals surface area contributed by atoms with Crippen LogP contribution in [0, 0.1) is 6.92 Å². The van der Waals surface area contributed by atoms with E-state index in [1.807, 2.05) is 37.3 Å². The number of halogens is 4. The molecule has 0 radical (unpaired) electrons. The van der Waals surface area contributed by atoms with Gasteiger partial charge in [0.15, 0.2) is 0 Å². The first-order valence-electron chi connectivity index (χ1n) is 11.6. The Hall–Kier alpha value is -4.09. The van der Waals surface area contributed by atoms with Crippen LogP contribution in [0.5, 0.6) is 0 Å². The predicted octanol–water partition coefficient (Wildman–Crippen LogP) is 5.81. The topological polar surface area (TPSA) is 109 Å². The van der Waals surface area contributed by atoms with Crippen molar-refractivity contribution >= 4 is 33.7 Å². The van der Waals surface area contributed by atoms with Crippen LogP contribution in [0.4, 0.5) is 18.9 Å². The average Bonchev–Trinajstić information content (AvgIpc) is 2.89. The van der Waals surface area contributed by atoms with Crippen LogP contribution in [0.2, 0.25) is 0 Å². The van der Waals surface area contributed by atoms with Gasteiger partial charge in [0, 0.05) is 36.4 Å². The molecule has 2 rings (SSSR count). The van der Waals surface area contributed by atoms with Crippen LogP contribution in [0.25, 0.3) is 0 Å². The first kappa shape index (κ1) is 31.1. The minimum absolute atomic E-state index is 0.101. The highest BCUT2D eigenvalue weighted by Crippen LogP contribution is 2.16. The summed E-state index contributed by atoms with van der Waals surface area (Å²) in [5.74, 6) is 5.91. The lowest BCUT2D eigenvalue weighted by Gasteiger charge is -2.14. The maximum absolute atomic E-state index is 12.5. The Kier molecular flexibility index (Phi) is 12.3. The van der Waals surface area contributed by atoms with Crippen molar-refractivity contribution < 1.29 is 18.0 Å². The second kappa shape index (κ2) is 15.4. The predicted molar refractivity (Wildman–Crippen MR) is 155 cm³/mol. The summed E-state index contributed by atoms with van der Waals surface area (Å²) >= 11 is 3.33. The molecule has 39 heavy (non-hydrogen) atoms. The summed E-state index contributed by atoms with van der Waals surface area (Å²) < 4.78 is 37.3. The van der Waals surface area contributed by atoms with Crippen molar-refractivity contribution in [2.75, 3.05) is 11.9 Å². The lowest BCUT2D eigenvalue weighted by molar-refractivity contribution is -0.0535. The summed E-state index contributed by atoms with van der Waals surface area (Å²) in [7, 11) is 0. The highest BCUT2D eigenvalue weighted by molar-refractivity contribution is 9.12. The van der Waals surface area contributed by atoms with Gasteiger partial charge in [-0.05, 0) is 69.9 Å². The number of nitrogens with zero attached hydrogens (tertiary/aromatic N) is 2. The molecule has 7 nitrogen and oxygen atoms in total. The van der Waals surface area contributed by atoms with E-state index in [1.165, 1.54) is 17.3 Å². The van der Waals surface area contributed by atoms with Crippen molar-refractivity contribution in [1.82, 2.24) is 10.3 Å². The summed E-state index contributed by atoms with van der Waals surface area (Å²) in [4.78, 5) is 15.8. The first-order chi connectivity index (χ1) is 18.5. The van der Waals surface area contributed by atoms with Crippen molar-refractivity contribution in [3.8, 4) is 0 Å². The number of rotatable bonds is 12. The fraction of sp³-hybridized carbons (Fsp3) is 0.143. The third-order valence-electron chi connectivity index (χ3n) is 5.12. The zero-order valence-corrected chi connectivity index (χ0v) is 22.8. The number of allylic oxidation sites excluding steroid dienone is 3. The highest BCUT2D eigenvalue weighted by atomic mass is 79.9. The van der Waals surface area contributed by atoms with Gasteiger partial charge in [0.05, 0.1) is 16.7 Å². The van der Waals surface area contributed by atoms with Gasteiger partial charge >= 0.3 is 6.18 Å². The van der Waals surface area contributed by atoms with Gasteiger partial charge < -0.3 is 21.4 Å². The quantitative estimate of drug-likeness (QED) is 0.106. The van der Waals surface area contributed by atoms with Crippen LogP contribution in [0.3, 0.4) is 0 Å². The summed E-state index contributed by atoms with van der Waals surface area (Å²) in [5, 5.41) is 7.41. The number of hydrogen-bond donors (Lipinski definition) is 4. The number of aryl methyl sites for hydroxylation is 1. The summed E-state index contributed by atoms with van der Waals surface area (Å²) in [6, 6.07) is 14.7. The van der Waals surface area contributed by atoms with Crippen molar-refractivity contribution in [3.63, 3.8) is 0 Å². The monoisotopic (exact) mass is 602 g/mol. The molecule has 0 fully saturated rings. The molecule has 2 aromatic carbocycles. The van der Waals surface area contributed by atoms with E-state index in [0.29, 0.717) is 33.5 Å². The molecule has 11 heteroatoms. The van der Waals surface area contributed by atoms with Gasteiger partial charge in [-0.25, -0.2) is 5.84 Å². The lowest BCUT2D eigenvalue weighted by atomic mass is 10.1. The van der Waals surface area contributed by atoms with Gasteiger partial charge in [0.1, 0.15) is 6.21 Å². The van der Waals surface area contributed by atoms with E-state index >= 15 is 0 Å². The molecule has 0 spiro atoms. The van der Waals surface area contributed by atoms with E-state index in [0.717, 1.165) is 17.3 Å². The second-order valence-electron chi connectivity index (χ2n) is 8.16. The standard InChI is InChI=1S/C28H30BrF3N6O/c1-3-21(16-35-19-28(30,31)32)17-36-26(25(29)15-33)9-6-14-38(34)18-22-10-12-23(13-11-22)37-27(39)24-8-5-4-7-20(24)2/h3-16,19,36H,1,17-18,33-34H2,2H3,(H,37,39)/b14-6+,21-16+,25-15-,26-9+,35-19?. The number of nitrogens with one attached hydrogen (secondary N) is 2. The number of hydrogen-bond acceptors (Lipinski definition) is 6. The zero-order chi connectivity index (χ0) is 28.8. The van der Waals surface area contributed by atoms with Crippen LogP contribution in [0.1, 0.15) is 21.5 Å². The molecule has 0 saturated heterocycles. The second-order valence-corrected chi connectivity index (χ2v) is 9.01. The van der Waals surface area contributed by atoms with Crippen LogP contribution >= 0.6 is 15.9 Å². The van der Waals surface area contributed by atoms with Crippen LogP contribution in [-0.4, -0.2) is 29.9 Å². The van der Waals surface area contributed by atoms with Crippen molar-refractivity contribution in [3.05, 3.63) is 124 Å². The van der Waals surface area contributed by atoms with Gasteiger partial charge in [-0.3, -0.25) is 9.79 Å². The molecule has 0 bridgehead atoms. The summed E-state index contributed by atoms with van der Waals surface area (Å²) in [5.41, 5.74) is 9.68. The normalized spacial score (nSPS) is 13.1. The Morgan fingerprint density at radius 3 is 2.49 bits per heavy atom. The van der Waals surface area contributed by atoms with E-state index < -0.39 is 6.18 Å². The van der Waals surface area contributed by atoms with E-state index in [9.17, 15) is 18.0 Å². The number of aliphatic imine (C=N–C) groups is 1. The number of benzene rings is 2. The number of alkyl halides is 3. The van der Waals surface area contributed by atoms with Crippen molar-refractivity contribution in [1.29, 1.82) is 0 Å². The third-order valence-corrected chi connectivity index (χ3v) is 5.81. The van der Waals surface area contributed by atoms with Crippen LogP contribution in [0.15, 0.2) is 113 Å². The van der Waals surface area contributed by atoms with E-state index in [1.54, 1.807) is 36.6 Å². The van der Waals surface area contributed by atoms with E-state index in [-0.39, 0.29) is 18.7 Å². The SMILES string of the molecule is C=C/C(=C\N=CC(F)(F)F)CNC(=C/C=C/N(N)Cc1ccc(NC(=O)c2ccccc2C)cc1)/C(Br)=C/N. The molecular formula is C28H30BrF3N6O. The van der Waals surface area contributed by atoms with Gasteiger partial charge in [-0.2, -0.15) is 13.2 Å². The van der Waals surface area contributed by atoms with Crippen molar-refractivity contribution in [2.45, 2.75) is 19.6 Å². The average molecular weight is 603 g/mol. The zero-order valence-electron chi connectivity index (χ0n) is 21.3. The maximum atomic E-state index is 12.5. The summed E-state index contributed by atoms with van der Waals surface area (Å²) in [6.07, 6.45) is 4.22. The Morgan fingerprint density at radius 1 is 1.18 bits per heavy atom. The number of anilines is 1. The lowest BCUT2D eigenvalue weighted by Crippen LogP contribution is -2.24. The Morgan fingerprint density at radius 2 is 1.87 bits per heavy atom. The largest absolute Gasteiger partial charge is 0.426 e. The smallest absolute Gasteiger partial charge is 0.404 e. The third kappa shape index (κ3) is 11.5. The van der Waals surface area contributed by atoms with Gasteiger partial charge in [0.25, 0.3) is 5.91 Å². The first-order valence-corrected chi connectivity index (χ1v) is 12.4. The van der Waals surface area contributed by atoms with Gasteiger partial charge in [0.2, 0.25) is 0 Å². The van der Waals surface area contributed by atoms with E-state index in [4.69, 9.17) is 11.6 Å². The van der Waals surface area contributed by atoms with Gasteiger partial charge in [-0.15, -0.1) is 0 Å². The number of nitrogens with two attached hydrogens (primary N) is 2. The molecule has 2 aromatic rings. The Balaban J connectivity index is 1.97. The number of carbonyl (C=O) groups is 1. The highest BCUT2D eigenvalue weighted by Gasteiger charge is 2.23. The molecule has 0 heterocycles. The molecule has 206 valence electrons. The molecule has 0 aliphatic carbocycles. The van der Waals surface area contributed by atoms with Gasteiger partial charge in [-0.1, -0.05) is 43.0 Å². The molecule has 6 N–H and O–H groups in total. The molecule has 1 amide bonds. The van der Waals surface area contributed by atoms with E-state index in [2.05, 4.69) is 38.1 Å². The molecule has 0 aromatic heterocycles. The molecule has 0 aliphatic rings. The fourth-order valence-corrected chi connectivity index (χ4v) is 3.40. The maximum Gasteiger partial charge on any atom is 0.426 e. The summed E-state index contributed by atoms with van der Waals surface area (Å²) in [6.45, 7) is 6.02. The Bertz CT molecular complexity index is 1280. The molecular weight excluding hydrogens is 573 g/mol. The number of amides is 1. The van der Waals surface area contributed by atoms with Crippen LogP contribution in [-0.2, 0) is 6.54 Å². The fourth-order valence-electron chi connectivity index (χ4n) is 3.13. The molecule has 0 saturated carbocycles. The van der Waals surface area contributed by atoms with Crippen LogP contribution < -0.4 is 22.2 Å². The minimum atomic E-state index is -4.50. The molecule has 0 aliphatic heterocycles. The molecule has 0 unspecified atom stereocenters. The Labute approximate surface area is 234 Å². The molecule has 0 atom stereocenters. The number of carbonyl (C=O) groups excluding carboxylic acids is 1. The minimum Gasteiger partial charge on any atom is -0.404 e.